The van der Waals surface area contributed by atoms with Crippen molar-refractivity contribution in [2.24, 2.45) is 0 Å². The zero-order valence-electron chi connectivity index (χ0n) is 10.3. The van der Waals surface area contributed by atoms with Gasteiger partial charge >= 0.3 is 5.97 Å². The number of aliphatic hydroxyl groups excluding tert-OH is 1. The third-order valence-electron chi connectivity index (χ3n) is 2.44. The van der Waals surface area contributed by atoms with Gasteiger partial charge in [0.1, 0.15) is 0 Å². The standard InChI is InChI=1S/C13H17NO4/c1-18-13(17)12(10-6-3-2-4-7-10)14-11(16)8-5-9-15/h2-4,6-7,12,15H,5,8-9H2,1H3,(H,14,16)/t12-/m1/s1. The second-order valence-corrected chi connectivity index (χ2v) is 3.76. The van der Waals surface area contributed by atoms with Gasteiger partial charge in [-0.3, -0.25) is 4.79 Å². The van der Waals surface area contributed by atoms with Crippen molar-refractivity contribution >= 4 is 11.9 Å². The average Bonchev–Trinajstić information content (AvgIpc) is 2.42. The zero-order valence-corrected chi connectivity index (χ0v) is 10.3. The van der Waals surface area contributed by atoms with Crippen LogP contribution in [0.2, 0.25) is 0 Å². The van der Waals surface area contributed by atoms with Gasteiger partial charge in [0.15, 0.2) is 6.04 Å². The summed E-state index contributed by atoms with van der Waals surface area (Å²) in [7, 11) is 1.28. The van der Waals surface area contributed by atoms with Crippen LogP contribution in [0.15, 0.2) is 30.3 Å². The monoisotopic (exact) mass is 251 g/mol. The van der Waals surface area contributed by atoms with Crippen molar-refractivity contribution in [3.05, 3.63) is 35.9 Å². The van der Waals surface area contributed by atoms with Gasteiger partial charge < -0.3 is 15.2 Å². The molecule has 0 bridgehead atoms. The summed E-state index contributed by atoms with van der Waals surface area (Å²) < 4.78 is 4.67. The molecule has 0 unspecified atom stereocenters. The van der Waals surface area contributed by atoms with Gasteiger partial charge in [-0.15, -0.1) is 0 Å². The fraction of sp³-hybridized carbons (Fsp3) is 0.385. The fourth-order valence-electron chi connectivity index (χ4n) is 1.51. The van der Waals surface area contributed by atoms with Crippen LogP contribution in [-0.2, 0) is 14.3 Å². The number of benzene rings is 1. The van der Waals surface area contributed by atoms with Gasteiger partial charge in [-0.05, 0) is 12.0 Å². The van der Waals surface area contributed by atoms with Gasteiger partial charge in [0.2, 0.25) is 5.91 Å². The Morgan fingerprint density at radius 1 is 1.33 bits per heavy atom. The number of hydrogen-bond acceptors (Lipinski definition) is 4. The highest BCUT2D eigenvalue weighted by Gasteiger charge is 2.22. The van der Waals surface area contributed by atoms with E-state index in [9.17, 15) is 9.59 Å². The topological polar surface area (TPSA) is 75.6 Å². The Morgan fingerprint density at radius 2 is 2.00 bits per heavy atom. The highest BCUT2D eigenvalue weighted by atomic mass is 16.5. The third kappa shape index (κ3) is 4.18. The number of nitrogens with one attached hydrogen (secondary N) is 1. The first-order valence-corrected chi connectivity index (χ1v) is 5.72. The molecule has 1 amide bonds. The molecule has 0 saturated heterocycles. The minimum absolute atomic E-state index is 0.0539. The number of aliphatic hydroxyl groups is 1. The molecule has 98 valence electrons. The molecule has 0 saturated carbocycles. The van der Waals surface area contributed by atoms with Crippen molar-refractivity contribution < 1.29 is 19.4 Å². The Kier molecular flexibility index (Phi) is 5.87. The number of hydrogen-bond donors (Lipinski definition) is 2. The molecule has 5 heteroatoms. The predicted octanol–water partition coefficient (Wildman–Crippen LogP) is 0.789. The molecule has 0 aliphatic rings. The number of esters is 1. The molecule has 1 atom stereocenters. The van der Waals surface area contributed by atoms with Gasteiger partial charge in [-0.2, -0.15) is 0 Å². The third-order valence-corrected chi connectivity index (χ3v) is 2.44. The van der Waals surface area contributed by atoms with Crippen LogP contribution < -0.4 is 5.32 Å². The first-order chi connectivity index (χ1) is 8.69. The van der Waals surface area contributed by atoms with Gasteiger partial charge in [0, 0.05) is 13.0 Å². The van der Waals surface area contributed by atoms with Crippen molar-refractivity contribution in [1.82, 2.24) is 5.32 Å². The number of ether oxygens (including phenoxy) is 1. The molecule has 0 aliphatic heterocycles. The van der Waals surface area contributed by atoms with Crippen molar-refractivity contribution in [2.75, 3.05) is 13.7 Å². The summed E-state index contributed by atoms with van der Waals surface area (Å²) in [4.78, 5) is 23.2. The van der Waals surface area contributed by atoms with Crippen LogP contribution in [0.1, 0.15) is 24.4 Å². The molecule has 1 rings (SSSR count). The van der Waals surface area contributed by atoms with Crippen molar-refractivity contribution in [2.45, 2.75) is 18.9 Å². The summed E-state index contributed by atoms with van der Waals surface area (Å²) in [5.74, 6) is -0.804. The lowest BCUT2D eigenvalue weighted by Gasteiger charge is -2.16. The van der Waals surface area contributed by atoms with Crippen LogP contribution in [0.5, 0.6) is 0 Å². The predicted molar refractivity (Wildman–Crippen MR) is 65.7 cm³/mol. The summed E-state index contributed by atoms with van der Waals surface area (Å²) in [5, 5.41) is 11.2. The number of amides is 1. The van der Waals surface area contributed by atoms with Gasteiger partial charge in [0.25, 0.3) is 0 Å². The normalized spacial score (nSPS) is 11.7. The van der Waals surface area contributed by atoms with E-state index in [2.05, 4.69) is 10.1 Å². The first kappa shape index (κ1) is 14.2. The van der Waals surface area contributed by atoms with Crippen LogP contribution >= 0.6 is 0 Å². The van der Waals surface area contributed by atoms with E-state index in [0.29, 0.717) is 12.0 Å². The number of methoxy groups -OCH3 is 1. The van der Waals surface area contributed by atoms with Crippen LogP contribution in [0.3, 0.4) is 0 Å². The lowest BCUT2D eigenvalue weighted by atomic mass is 10.1. The molecule has 0 fully saturated rings. The lowest BCUT2D eigenvalue weighted by Crippen LogP contribution is -2.34. The summed E-state index contributed by atoms with van der Waals surface area (Å²) >= 11 is 0. The molecule has 0 aromatic heterocycles. The molecule has 5 nitrogen and oxygen atoms in total. The molecular formula is C13H17NO4. The van der Waals surface area contributed by atoms with Gasteiger partial charge in [-0.1, -0.05) is 30.3 Å². The molecule has 0 spiro atoms. The maximum absolute atomic E-state index is 11.6. The van der Waals surface area contributed by atoms with E-state index in [4.69, 9.17) is 5.11 Å². The van der Waals surface area contributed by atoms with Crippen LogP contribution in [0.4, 0.5) is 0 Å². The van der Waals surface area contributed by atoms with Gasteiger partial charge in [-0.25, -0.2) is 4.79 Å². The molecule has 0 radical (unpaired) electrons. The van der Waals surface area contributed by atoms with E-state index in [-0.39, 0.29) is 18.9 Å². The van der Waals surface area contributed by atoms with E-state index in [0.717, 1.165) is 0 Å². The van der Waals surface area contributed by atoms with Crippen LogP contribution in [0.25, 0.3) is 0 Å². The minimum Gasteiger partial charge on any atom is -0.467 e. The molecule has 18 heavy (non-hydrogen) atoms. The second-order valence-electron chi connectivity index (χ2n) is 3.76. The van der Waals surface area contributed by atoms with E-state index in [1.54, 1.807) is 24.3 Å². The van der Waals surface area contributed by atoms with Crippen molar-refractivity contribution in [3.63, 3.8) is 0 Å². The Labute approximate surface area is 106 Å². The number of carbonyl (C=O) groups is 2. The average molecular weight is 251 g/mol. The first-order valence-electron chi connectivity index (χ1n) is 5.72. The number of rotatable bonds is 6. The maximum Gasteiger partial charge on any atom is 0.333 e. The summed E-state index contributed by atoms with van der Waals surface area (Å²) in [6, 6.07) is 8.08. The lowest BCUT2D eigenvalue weighted by molar-refractivity contribution is -0.145. The Bertz CT molecular complexity index is 391. The van der Waals surface area contributed by atoms with E-state index in [1.165, 1.54) is 7.11 Å². The highest BCUT2D eigenvalue weighted by Crippen LogP contribution is 2.14. The quantitative estimate of drug-likeness (QED) is 0.733. The smallest absolute Gasteiger partial charge is 0.333 e. The van der Waals surface area contributed by atoms with Crippen molar-refractivity contribution in [3.8, 4) is 0 Å². The molecule has 0 aliphatic carbocycles. The Morgan fingerprint density at radius 3 is 2.56 bits per heavy atom. The van der Waals surface area contributed by atoms with E-state index in [1.807, 2.05) is 6.07 Å². The SMILES string of the molecule is COC(=O)[C@H](NC(=O)CCCO)c1ccccc1. The van der Waals surface area contributed by atoms with E-state index >= 15 is 0 Å². The Hall–Kier alpha value is -1.88. The summed E-state index contributed by atoms with van der Waals surface area (Å²) in [6.45, 7) is -0.0539. The van der Waals surface area contributed by atoms with Crippen LogP contribution in [0, 0.1) is 0 Å². The highest BCUT2D eigenvalue weighted by molar-refractivity contribution is 5.85. The van der Waals surface area contributed by atoms with Gasteiger partial charge in [0.05, 0.1) is 7.11 Å². The largest absolute Gasteiger partial charge is 0.467 e. The van der Waals surface area contributed by atoms with Crippen LogP contribution in [-0.4, -0.2) is 30.7 Å². The zero-order chi connectivity index (χ0) is 13.4. The maximum atomic E-state index is 11.6. The van der Waals surface area contributed by atoms with E-state index < -0.39 is 12.0 Å². The summed E-state index contributed by atoms with van der Waals surface area (Å²) in [6.07, 6.45) is 0.547. The Balaban J connectivity index is 2.74. The second kappa shape index (κ2) is 7.45. The molecule has 2 N–H and O–H groups in total. The fourth-order valence-corrected chi connectivity index (χ4v) is 1.51. The molecular weight excluding hydrogens is 234 g/mol. The molecule has 1 aromatic rings. The number of carbonyl (C=O) groups excluding carboxylic acids is 2. The molecule has 1 aromatic carbocycles. The van der Waals surface area contributed by atoms with Crippen molar-refractivity contribution in [1.29, 1.82) is 0 Å². The minimum atomic E-state index is -0.803. The summed E-state index contributed by atoms with van der Waals surface area (Å²) in [5.41, 5.74) is 0.668. The molecule has 0 heterocycles.